The van der Waals surface area contributed by atoms with Crippen LogP contribution in [0.5, 0.6) is 0 Å². The van der Waals surface area contributed by atoms with E-state index in [0.29, 0.717) is 6.42 Å². The van der Waals surface area contributed by atoms with Gasteiger partial charge in [0.1, 0.15) is 5.54 Å². The van der Waals surface area contributed by atoms with E-state index >= 15 is 0 Å². The van der Waals surface area contributed by atoms with E-state index in [0.717, 1.165) is 21.1 Å². The molecule has 2 N–H and O–H groups in total. The lowest BCUT2D eigenvalue weighted by Gasteiger charge is -2.42. The van der Waals surface area contributed by atoms with Gasteiger partial charge in [0.25, 0.3) is 17.7 Å². The number of thiophene rings is 1. The monoisotopic (exact) mass is 335 g/mol. The number of hydrogen-bond donors (Lipinski definition) is 1. The average Bonchev–Trinajstić information content (AvgIpc) is 3.00. The Hall–Kier alpha value is -2.22. The Morgan fingerprint density at radius 2 is 1.96 bits per heavy atom. The van der Waals surface area contributed by atoms with Crippen LogP contribution in [0.25, 0.3) is 0 Å². The second-order valence-corrected chi connectivity index (χ2v) is 6.87. The van der Waals surface area contributed by atoms with Gasteiger partial charge in [-0.2, -0.15) is 0 Å². The third kappa shape index (κ3) is 2.01. The highest BCUT2D eigenvalue weighted by molar-refractivity contribution is 7.14. The van der Waals surface area contributed by atoms with Gasteiger partial charge in [-0.05, 0) is 19.8 Å². The molecule has 2 aliphatic rings. The van der Waals surface area contributed by atoms with Crippen molar-refractivity contribution < 1.29 is 19.2 Å². The molecular formula is C15H17N3O4S. The molecule has 1 unspecified atom stereocenters. The van der Waals surface area contributed by atoms with E-state index in [1.165, 1.54) is 5.38 Å². The fraction of sp³-hybridized carbons (Fsp3) is 0.467. The summed E-state index contributed by atoms with van der Waals surface area (Å²) in [6, 6.07) is 0. The lowest BCUT2D eigenvalue weighted by Crippen LogP contribution is -2.64. The number of amides is 4. The van der Waals surface area contributed by atoms with Gasteiger partial charge in [-0.15, -0.1) is 11.3 Å². The van der Waals surface area contributed by atoms with Crippen LogP contribution in [0.3, 0.4) is 0 Å². The summed E-state index contributed by atoms with van der Waals surface area (Å²) < 4.78 is 0. The fourth-order valence-corrected chi connectivity index (χ4v) is 3.96. The van der Waals surface area contributed by atoms with Gasteiger partial charge in [-0.25, -0.2) is 0 Å². The van der Waals surface area contributed by atoms with Crippen LogP contribution < -0.4 is 5.73 Å². The second kappa shape index (κ2) is 5.16. The Kier molecular flexibility index (Phi) is 3.51. The van der Waals surface area contributed by atoms with E-state index < -0.39 is 23.3 Å². The molecule has 3 rings (SSSR count). The number of likely N-dealkylation sites (tertiary alicyclic amines) is 1. The Balaban J connectivity index is 2.01. The number of nitrogens with two attached hydrogens (primary N) is 1. The first-order valence-electron chi connectivity index (χ1n) is 7.43. The highest BCUT2D eigenvalue weighted by Gasteiger charge is 2.55. The van der Waals surface area contributed by atoms with Gasteiger partial charge in [0.15, 0.2) is 0 Å². The van der Waals surface area contributed by atoms with Crippen molar-refractivity contribution in [2.45, 2.75) is 38.6 Å². The van der Waals surface area contributed by atoms with E-state index in [1.807, 2.05) is 6.92 Å². The molecule has 0 bridgehead atoms. The fourth-order valence-electron chi connectivity index (χ4n) is 3.18. The van der Waals surface area contributed by atoms with Crippen LogP contribution in [0.2, 0.25) is 0 Å². The number of rotatable bonds is 3. The van der Waals surface area contributed by atoms with Gasteiger partial charge >= 0.3 is 0 Å². The molecule has 0 saturated carbocycles. The summed E-state index contributed by atoms with van der Waals surface area (Å²) in [5, 5.41) is 1.81. The molecule has 1 saturated heterocycles. The Bertz CT molecular complexity index is 741. The van der Waals surface area contributed by atoms with Gasteiger partial charge in [-0.1, -0.05) is 6.92 Å². The molecule has 0 spiro atoms. The minimum atomic E-state index is -1.35. The number of piperidine rings is 1. The van der Waals surface area contributed by atoms with E-state index in [9.17, 15) is 19.2 Å². The Morgan fingerprint density at radius 3 is 2.57 bits per heavy atom. The molecule has 0 aliphatic carbocycles. The van der Waals surface area contributed by atoms with Crippen molar-refractivity contribution in [3.8, 4) is 0 Å². The highest BCUT2D eigenvalue weighted by Crippen LogP contribution is 2.40. The Labute approximate surface area is 137 Å². The minimum absolute atomic E-state index is 0.127. The maximum absolute atomic E-state index is 12.8. The molecule has 4 amide bonds. The molecule has 2 aliphatic heterocycles. The number of anilines is 1. The number of nitrogens with zero attached hydrogens (tertiary/aromatic N) is 2. The predicted molar refractivity (Wildman–Crippen MR) is 83.9 cm³/mol. The molecule has 1 fully saturated rings. The summed E-state index contributed by atoms with van der Waals surface area (Å²) in [4.78, 5) is 52.2. The molecule has 0 radical (unpaired) electrons. The second-order valence-electron chi connectivity index (χ2n) is 5.96. The number of fused-ring (bicyclic) bond motifs is 1. The zero-order valence-corrected chi connectivity index (χ0v) is 13.7. The summed E-state index contributed by atoms with van der Waals surface area (Å²) in [6.45, 7) is 3.69. The van der Waals surface area contributed by atoms with E-state index in [1.54, 1.807) is 6.92 Å². The first-order chi connectivity index (χ1) is 10.8. The van der Waals surface area contributed by atoms with Crippen molar-refractivity contribution in [1.82, 2.24) is 9.80 Å². The zero-order valence-electron chi connectivity index (χ0n) is 12.9. The molecule has 3 heterocycles. The molecule has 7 nitrogen and oxygen atoms in total. The lowest BCUT2D eigenvalue weighted by atomic mass is 9.87. The molecule has 122 valence electrons. The largest absolute Gasteiger partial charge is 0.390 e. The van der Waals surface area contributed by atoms with Crippen LogP contribution in [0.15, 0.2) is 5.38 Å². The number of carbonyl (C=O) groups is 4. The van der Waals surface area contributed by atoms with Crippen molar-refractivity contribution in [2.24, 2.45) is 0 Å². The van der Waals surface area contributed by atoms with Crippen LogP contribution in [0, 0.1) is 0 Å². The summed E-state index contributed by atoms with van der Waals surface area (Å²) in [5.41, 5.74) is 4.85. The van der Waals surface area contributed by atoms with Gasteiger partial charge in [0.05, 0.1) is 16.1 Å². The average molecular weight is 335 g/mol. The molecule has 1 aromatic rings. The zero-order chi connectivity index (χ0) is 16.9. The van der Waals surface area contributed by atoms with Crippen LogP contribution in [0.4, 0.5) is 5.00 Å². The van der Waals surface area contributed by atoms with E-state index in [-0.39, 0.29) is 41.4 Å². The van der Waals surface area contributed by atoms with Crippen LogP contribution in [-0.4, -0.2) is 45.5 Å². The lowest BCUT2D eigenvalue weighted by molar-refractivity contribution is -0.156. The number of imide groups is 2. The van der Waals surface area contributed by atoms with Crippen molar-refractivity contribution in [1.29, 1.82) is 0 Å². The summed E-state index contributed by atoms with van der Waals surface area (Å²) in [7, 11) is 0. The normalized spacial score (nSPS) is 24.6. The van der Waals surface area contributed by atoms with Gasteiger partial charge in [-0.3, -0.25) is 29.0 Å². The maximum Gasteiger partial charge on any atom is 0.265 e. The number of nitrogen functional groups attached to an aromatic ring is 1. The van der Waals surface area contributed by atoms with Crippen molar-refractivity contribution in [3.05, 3.63) is 16.5 Å². The quantitative estimate of drug-likeness (QED) is 0.838. The van der Waals surface area contributed by atoms with E-state index in [4.69, 9.17) is 5.73 Å². The predicted octanol–water partition coefficient (Wildman–Crippen LogP) is 1.24. The first-order valence-corrected chi connectivity index (χ1v) is 8.31. The Morgan fingerprint density at radius 1 is 1.26 bits per heavy atom. The SMILES string of the molecule is CCCN1C(=O)CCC(C)(N2C(=O)c3csc(N)c3C2=O)C1=O. The van der Waals surface area contributed by atoms with Gasteiger partial charge in [0.2, 0.25) is 5.91 Å². The molecule has 1 atom stereocenters. The van der Waals surface area contributed by atoms with Crippen LogP contribution in [-0.2, 0) is 9.59 Å². The topological polar surface area (TPSA) is 101 Å². The molecule has 23 heavy (non-hydrogen) atoms. The van der Waals surface area contributed by atoms with E-state index in [2.05, 4.69) is 0 Å². The molecular weight excluding hydrogens is 318 g/mol. The van der Waals surface area contributed by atoms with Gasteiger partial charge in [0, 0.05) is 18.3 Å². The van der Waals surface area contributed by atoms with Crippen molar-refractivity contribution in [2.75, 3.05) is 12.3 Å². The molecule has 8 heteroatoms. The standard InChI is InChI=1S/C15H17N3O4S/c1-3-6-17-9(19)4-5-15(2,14(17)22)18-12(20)8-7-23-11(16)10(8)13(18)21/h7H,3-6,16H2,1-2H3. The van der Waals surface area contributed by atoms with Crippen LogP contribution >= 0.6 is 11.3 Å². The van der Waals surface area contributed by atoms with Crippen molar-refractivity contribution in [3.63, 3.8) is 0 Å². The maximum atomic E-state index is 12.8. The third-order valence-electron chi connectivity index (χ3n) is 4.44. The first kappa shape index (κ1) is 15.7. The minimum Gasteiger partial charge on any atom is -0.390 e. The summed E-state index contributed by atoms with van der Waals surface area (Å²) >= 11 is 1.13. The number of carbonyl (C=O) groups excluding carboxylic acids is 4. The molecule has 1 aromatic heterocycles. The van der Waals surface area contributed by atoms with Gasteiger partial charge < -0.3 is 5.73 Å². The van der Waals surface area contributed by atoms with Crippen molar-refractivity contribution >= 4 is 40.0 Å². The number of hydrogen-bond acceptors (Lipinski definition) is 6. The summed E-state index contributed by atoms with van der Waals surface area (Å²) in [5.74, 6) is -1.82. The highest BCUT2D eigenvalue weighted by atomic mass is 32.1. The van der Waals surface area contributed by atoms with Crippen LogP contribution in [0.1, 0.15) is 53.8 Å². The molecule has 0 aromatic carbocycles. The third-order valence-corrected chi connectivity index (χ3v) is 5.25. The smallest absolute Gasteiger partial charge is 0.265 e. The summed E-state index contributed by atoms with van der Waals surface area (Å²) in [6.07, 6.45) is 0.882.